The first-order valence-corrected chi connectivity index (χ1v) is 8.33. The van der Waals surface area contributed by atoms with Crippen molar-refractivity contribution in [3.05, 3.63) is 35.4 Å². The van der Waals surface area contributed by atoms with Crippen molar-refractivity contribution < 1.29 is 26.4 Å². The minimum absolute atomic E-state index is 0.0278. The van der Waals surface area contributed by atoms with Crippen LogP contribution in [0.3, 0.4) is 0 Å². The number of primary sulfonamides is 1. The Morgan fingerprint density at radius 1 is 1.39 bits per heavy atom. The molecule has 2 rings (SSSR count). The van der Waals surface area contributed by atoms with Gasteiger partial charge in [-0.05, 0) is 24.6 Å². The van der Waals surface area contributed by atoms with Crippen LogP contribution in [0.1, 0.15) is 24.1 Å². The van der Waals surface area contributed by atoms with Crippen LogP contribution in [0.15, 0.2) is 24.3 Å². The second-order valence-electron chi connectivity index (χ2n) is 5.41. The highest BCUT2D eigenvalue weighted by molar-refractivity contribution is 7.89. The second kappa shape index (κ2) is 6.00. The largest absolute Gasteiger partial charge is 0.416 e. The summed E-state index contributed by atoms with van der Waals surface area (Å²) in [6.07, 6.45) is -4.46. The van der Waals surface area contributed by atoms with Crippen LogP contribution in [-0.2, 0) is 16.2 Å². The third-order valence-electron chi connectivity index (χ3n) is 3.65. The van der Waals surface area contributed by atoms with Gasteiger partial charge < -0.3 is 10.2 Å². The molecule has 1 heterocycles. The molecule has 0 aliphatic carbocycles. The molecule has 1 aliphatic rings. The lowest BCUT2D eigenvalue weighted by Gasteiger charge is -2.38. The van der Waals surface area contributed by atoms with Gasteiger partial charge in [-0.1, -0.05) is 12.1 Å². The molecule has 0 spiro atoms. The Morgan fingerprint density at radius 2 is 2.00 bits per heavy atom. The van der Waals surface area contributed by atoms with E-state index in [-0.39, 0.29) is 13.1 Å². The number of likely N-dealkylation sites (tertiary alicyclic amines) is 1. The van der Waals surface area contributed by atoms with Gasteiger partial charge in [0.1, 0.15) is 5.25 Å². The quantitative estimate of drug-likeness (QED) is 0.863. The van der Waals surface area contributed by atoms with Gasteiger partial charge in [-0.15, -0.1) is 0 Å². The summed E-state index contributed by atoms with van der Waals surface area (Å²) in [5.41, 5.74) is -0.494. The molecule has 128 valence electrons. The van der Waals surface area contributed by atoms with E-state index in [1.807, 2.05) is 0 Å². The zero-order valence-corrected chi connectivity index (χ0v) is 13.0. The number of urea groups is 1. The third-order valence-corrected chi connectivity index (χ3v) is 4.88. The molecule has 0 radical (unpaired) electrons. The van der Waals surface area contributed by atoms with Gasteiger partial charge in [0.15, 0.2) is 0 Å². The number of hydrogen-bond donors (Lipinski definition) is 2. The number of nitrogens with zero attached hydrogens (tertiary/aromatic N) is 1. The minimum atomic E-state index is -4.46. The number of hydrogen-bond acceptors (Lipinski definition) is 3. The lowest BCUT2D eigenvalue weighted by molar-refractivity contribution is -0.137. The van der Waals surface area contributed by atoms with Crippen LogP contribution >= 0.6 is 0 Å². The van der Waals surface area contributed by atoms with Crippen molar-refractivity contribution in [2.45, 2.75) is 24.4 Å². The first kappa shape index (κ1) is 17.5. The predicted molar refractivity (Wildman–Crippen MR) is 76.9 cm³/mol. The average molecular weight is 351 g/mol. The standard InChI is InChI=1S/C13H16F3N3O3S/c1-8(9-3-2-4-10(5-9)13(14,15)16)18-12(20)19-6-11(7-19)23(17,21)22/h2-5,8,11H,6-7H2,1H3,(H,18,20)(H2,17,21,22). The van der Waals surface area contributed by atoms with Crippen LogP contribution in [0, 0.1) is 0 Å². The van der Waals surface area contributed by atoms with Crippen LogP contribution in [0.25, 0.3) is 0 Å². The fourth-order valence-electron chi connectivity index (χ4n) is 2.16. The van der Waals surface area contributed by atoms with Crippen LogP contribution in [-0.4, -0.2) is 37.7 Å². The highest BCUT2D eigenvalue weighted by Gasteiger charge is 2.38. The number of carbonyl (C=O) groups is 1. The maximum absolute atomic E-state index is 12.7. The van der Waals surface area contributed by atoms with Crippen molar-refractivity contribution in [2.24, 2.45) is 5.14 Å². The van der Waals surface area contributed by atoms with E-state index in [9.17, 15) is 26.4 Å². The Labute approximate surface area is 131 Å². The summed E-state index contributed by atoms with van der Waals surface area (Å²) in [7, 11) is -3.68. The number of alkyl halides is 3. The Kier molecular flexibility index (Phi) is 4.58. The summed E-state index contributed by atoms with van der Waals surface area (Å²) in [4.78, 5) is 13.2. The normalized spacial score (nSPS) is 17.5. The van der Waals surface area contributed by atoms with E-state index in [1.165, 1.54) is 17.0 Å². The summed E-state index contributed by atoms with van der Waals surface area (Å²) in [5, 5.41) is 6.70. The molecule has 0 bridgehead atoms. The fraction of sp³-hybridized carbons (Fsp3) is 0.462. The molecule has 1 aliphatic heterocycles. The first-order valence-electron chi connectivity index (χ1n) is 6.72. The maximum Gasteiger partial charge on any atom is 0.416 e. The van der Waals surface area contributed by atoms with Crippen molar-refractivity contribution in [3.63, 3.8) is 0 Å². The summed E-state index contributed by atoms with van der Waals surface area (Å²) >= 11 is 0. The Hall–Kier alpha value is -1.81. The van der Waals surface area contributed by atoms with Gasteiger partial charge in [-0.3, -0.25) is 0 Å². The molecule has 1 unspecified atom stereocenters. The molecule has 23 heavy (non-hydrogen) atoms. The van der Waals surface area contributed by atoms with Gasteiger partial charge in [0.25, 0.3) is 0 Å². The number of sulfonamides is 1. The monoisotopic (exact) mass is 351 g/mol. The van der Waals surface area contributed by atoms with Gasteiger partial charge in [-0.25, -0.2) is 18.4 Å². The molecule has 1 fully saturated rings. The zero-order chi connectivity index (χ0) is 17.4. The molecule has 1 saturated heterocycles. The molecule has 1 aromatic rings. The van der Waals surface area contributed by atoms with E-state index in [0.717, 1.165) is 12.1 Å². The number of nitrogens with one attached hydrogen (secondary N) is 1. The number of benzene rings is 1. The molecular weight excluding hydrogens is 335 g/mol. The molecule has 10 heteroatoms. The van der Waals surface area contributed by atoms with Crippen molar-refractivity contribution >= 4 is 16.1 Å². The first-order chi connectivity index (χ1) is 10.5. The predicted octanol–water partition coefficient (Wildman–Crippen LogP) is 1.45. The molecule has 2 amide bonds. The van der Waals surface area contributed by atoms with E-state index >= 15 is 0 Å². The second-order valence-corrected chi connectivity index (χ2v) is 7.26. The summed E-state index contributed by atoms with van der Waals surface area (Å²) < 4.78 is 60.2. The zero-order valence-electron chi connectivity index (χ0n) is 12.2. The van der Waals surface area contributed by atoms with Crippen molar-refractivity contribution in [3.8, 4) is 0 Å². The van der Waals surface area contributed by atoms with E-state index < -0.39 is 39.1 Å². The SMILES string of the molecule is CC(NC(=O)N1CC(S(N)(=O)=O)C1)c1cccc(C(F)(F)F)c1. The number of nitrogens with two attached hydrogens (primary N) is 1. The highest BCUT2D eigenvalue weighted by atomic mass is 32.2. The minimum Gasteiger partial charge on any atom is -0.331 e. The average Bonchev–Trinajstić information content (AvgIpc) is 2.34. The van der Waals surface area contributed by atoms with Crippen LogP contribution in [0.5, 0.6) is 0 Å². The lowest BCUT2D eigenvalue weighted by Crippen LogP contribution is -2.60. The Balaban J connectivity index is 1.98. The van der Waals surface area contributed by atoms with Crippen molar-refractivity contribution in [2.75, 3.05) is 13.1 Å². The van der Waals surface area contributed by atoms with Crippen molar-refractivity contribution in [1.82, 2.24) is 10.2 Å². The van der Waals surface area contributed by atoms with Gasteiger partial charge in [0.2, 0.25) is 10.0 Å². The molecular formula is C13H16F3N3O3S. The van der Waals surface area contributed by atoms with Gasteiger partial charge in [-0.2, -0.15) is 13.2 Å². The molecule has 0 saturated carbocycles. The number of carbonyl (C=O) groups excluding carboxylic acids is 1. The van der Waals surface area contributed by atoms with Crippen LogP contribution in [0.2, 0.25) is 0 Å². The van der Waals surface area contributed by atoms with E-state index in [1.54, 1.807) is 6.92 Å². The number of halogens is 3. The van der Waals surface area contributed by atoms with E-state index in [0.29, 0.717) is 5.56 Å². The van der Waals surface area contributed by atoms with Gasteiger partial charge in [0, 0.05) is 13.1 Å². The smallest absolute Gasteiger partial charge is 0.331 e. The van der Waals surface area contributed by atoms with E-state index in [4.69, 9.17) is 5.14 Å². The van der Waals surface area contributed by atoms with Gasteiger partial charge >= 0.3 is 12.2 Å². The van der Waals surface area contributed by atoms with Crippen LogP contribution in [0.4, 0.5) is 18.0 Å². The number of amides is 2. The van der Waals surface area contributed by atoms with Gasteiger partial charge in [0.05, 0.1) is 11.6 Å². The lowest BCUT2D eigenvalue weighted by atomic mass is 10.0. The number of rotatable bonds is 3. The summed E-state index contributed by atoms with van der Waals surface area (Å²) in [6.45, 7) is 1.49. The molecule has 6 nitrogen and oxygen atoms in total. The molecule has 1 aromatic carbocycles. The Bertz CT molecular complexity index is 700. The summed E-state index contributed by atoms with van der Waals surface area (Å²) in [6, 6.07) is 3.46. The third kappa shape index (κ3) is 4.14. The molecule has 1 atom stereocenters. The topological polar surface area (TPSA) is 92.5 Å². The summed E-state index contributed by atoms with van der Waals surface area (Å²) in [5.74, 6) is 0. The van der Waals surface area contributed by atoms with E-state index in [2.05, 4.69) is 5.32 Å². The maximum atomic E-state index is 12.7. The Morgan fingerprint density at radius 3 is 2.52 bits per heavy atom. The highest BCUT2D eigenvalue weighted by Crippen LogP contribution is 2.30. The fourth-order valence-corrected chi connectivity index (χ4v) is 2.93. The van der Waals surface area contributed by atoms with Crippen LogP contribution < -0.4 is 10.5 Å². The van der Waals surface area contributed by atoms with Crippen molar-refractivity contribution in [1.29, 1.82) is 0 Å². The molecule has 3 N–H and O–H groups in total. The molecule has 0 aromatic heterocycles.